The molecule has 0 spiro atoms. The molecule has 1 atom stereocenters. The van der Waals surface area contributed by atoms with Crippen molar-refractivity contribution in [2.24, 2.45) is 5.41 Å². The van der Waals surface area contributed by atoms with Gasteiger partial charge in [0.2, 0.25) is 5.91 Å². The van der Waals surface area contributed by atoms with E-state index < -0.39 is 5.41 Å². The fourth-order valence-corrected chi connectivity index (χ4v) is 4.61. The maximum atomic E-state index is 13.5. The van der Waals surface area contributed by atoms with Crippen LogP contribution in [0, 0.1) is 5.41 Å². The molecule has 1 saturated heterocycles. The SMILES string of the molecule is CC(c1nc2ccccc2c(=O)n1-c1ccc(Br)cc1)N1CCN(C(=O)C(C)(C)CCl)CC1. The number of para-hydroxylation sites is 1. The smallest absolute Gasteiger partial charge is 0.266 e. The second kappa shape index (κ2) is 9.57. The number of alkyl halides is 1. The van der Waals surface area contributed by atoms with Crippen molar-refractivity contribution in [3.63, 3.8) is 0 Å². The van der Waals surface area contributed by atoms with E-state index in [0.717, 1.165) is 10.2 Å². The van der Waals surface area contributed by atoms with Crippen molar-refractivity contribution in [3.05, 3.63) is 69.2 Å². The van der Waals surface area contributed by atoms with Crippen LogP contribution < -0.4 is 5.56 Å². The molecule has 0 N–H and O–H groups in total. The van der Waals surface area contributed by atoms with Crippen molar-refractivity contribution in [1.82, 2.24) is 19.4 Å². The van der Waals surface area contributed by atoms with Crippen LogP contribution in [-0.4, -0.2) is 57.3 Å². The number of hydrogen-bond acceptors (Lipinski definition) is 4. The minimum absolute atomic E-state index is 0.0811. The molecule has 1 aromatic heterocycles. The van der Waals surface area contributed by atoms with Gasteiger partial charge >= 0.3 is 0 Å². The first-order chi connectivity index (χ1) is 15.7. The Labute approximate surface area is 207 Å². The lowest BCUT2D eigenvalue weighted by atomic mass is 9.94. The van der Waals surface area contributed by atoms with Gasteiger partial charge in [0, 0.05) is 36.5 Å². The quantitative estimate of drug-likeness (QED) is 0.451. The summed E-state index contributed by atoms with van der Waals surface area (Å²) in [5.41, 5.74) is 0.816. The zero-order valence-electron chi connectivity index (χ0n) is 19.1. The molecule has 33 heavy (non-hydrogen) atoms. The molecule has 3 aromatic rings. The van der Waals surface area contributed by atoms with Gasteiger partial charge < -0.3 is 4.90 Å². The first kappa shape index (κ1) is 23.9. The van der Waals surface area contributed by atoms with E-state index in [4.69, 9.17) is 16.6 Å². The molecular formula is C25H28BrClN4O2. The van der Waals surface area contributed by atoms with Crippen LogP contribution in [-0.2, 0) is 4.79 Å². The van der Waals surface area contributed by atoms with Crippen LogP contribution in [0.15, 0.2) is 57.8 Å². The van der Waals surface area contributed by atoms with Gasteiger partial charge in [0.15, 0.2) is 0 Å². The predicted molar refractivity (Wildman–Crippen MR) is 136 cm³/mol. The third kappa shape index (κ3) is 4.72. The highest BCUT2D eigenvalue weighted by molar-refractivity contribution is 9.10. The van der Waals surface area contributed by atoms with Gasteiger partial charge in [-0.2, -0.15) is 0 Å². The predicted octanol–water partition coefficient (Wildman–Crippen LogP) is 4.62. The zero-order valence-corrected chi connectivity index (χ0v) is 21.4. The Morgan fingerprint density at radius 3 is 2.36 bits per heavy atom. The van der Waals surface area contributed by atoms with Crippen molar-refractivity contribution < 1.29 is 4.79 Å². The molecule has 0 bridgehead atoms. The van der Waals surface area contributed by atoms with Crippen LogP contribution in [0.5, 0.6) is 0 Å². The molecule has 0 aliphatic carbocycles. The van der Waals surface area contributed by atoms with Gasteiger partial charge in [-0.25, -0.2) is 4.98 Å². The number of halogens is 2. The Morgan fingerprint density at radius 1 is 1.09 bits per heavy atom. The Balaban J connectivity index is 1.68. The first-order valence-corrected chi connectivity index (χ1v) is 12.4. The van der Waals surface area contributed by atoms with E-state index in [-0.39, 0.29) is 17.5 Å². The summed E-state index contributed by atoms with van der Waals surface area (Å²) >= 11 is 9.48. The van der Waals surface area contributed by atoms with Gasteiger partial charge in [-0.05, 0) is 57.2 Å². The summed E-state index contributed by atoms with van der Waals surface area (Å²) in [6, 6.07) is 15.0. The summed E-state index contributed by atoms with van der Waals surface area (Å²) in [5, 5.41) is 0.593. The highest BCUT2D eigenvalue weighted by Crippen LogP contribution is 2.26. The van der Waals surface area contributed by atoms with E-state index in [1.54, 1.807) is 4.57 Å². The molecule has 174 valence electrons. The molecule has 1 aliphatic rings. The molecule has 6 nitrogen and oxygen atoms in total. The van der Waals surface area contributed by atoms with E-state index in [1.165, 1.54) is 0 Å². The van der Waals surface area contributed by atoms with E-state index in [2.05, 4.69) is 27.8 Å². The second-order valence-electron chi connectivity index (χ2n) is 9.13. The Bertz CT molecular complexity index is 1220. The largest absolute Gasteiger partial charge is 0.340 e. The maximum absolute atomic E-state index is 13.5. The van der Waals surface area contributed by atoms with E-state index >= 15 is 0 Å². The molecule has 1 amide bonds. The molecule has 8 heteroatoms. The molecule has 0 radical (unpaired) electrons. The van der Waals surface area contributed by atoms with Crippen molar-refractivity contribution in [1.29, 1.82) is 0 Å². The number of hydrogen-bond donors (Lipinski definition) is 0. The number of carbonyl (C=O) groups is 1. The summed E-state index contributed by atoms with van der Waals surface area (Å²) in [6.45, 7) is 8.49. The zero-order chi connectivity index (χ0) is 23.8. The first-order valence-electron chi connectivity index (χ1n) is 11.1. The standard InChI is InChI=1S/C25H28BrClN4O2/c1-17(29-12-14-30(15-13-29)24(33)25(2,3)16-27)22-28-21-7-5-4-6-20(21)23(32)31(22)19-10-8-18(26)9-11-19/h4-11,17H,12-16H2,1-3H3. The molecule has 2 aromatic carbocycles. The summed E-state index contributed by atoms with van der Waals surface area (Å²) < 4.78 is 2.66. The molecule has 1 fully saturated rings. The Kier molecular flexibility index (Phi) is 6.93. The molecular weight excluding hydrogens is 504 g/mol. The number of carbonyl (C=O) groups excluding carboxylic acids is 1. The number of benzene rings is 2. The minimum Gasteiger partial charge on any atom is -0.340 e. The van der Waals surface area contributed by atoms with Crippen molar-refractivity contribution in [2.75, 3.05) is 32.1 Å². The van der Waals surface area contributed by atoms with Gasteiger partial charge in [-0.15, -0.1) is 11.6 Å². The topological polar surface area (TPSA) is 58.4 Å². The van der Waals surface area contributed by atoms with Crippen molar-refractivity contribution >= 4 is 44.3 Å². The fraction of sp³-hybridized carbons (Fsp3) is 0.400. The average molecular weight is 532 g/mol. The monoisotopic (exact) mass is 530 g/mol. The average Bonchev–Trinajstić information content (AvgIpc) is 2.84. The summed E-state index contributed by atoms with van der Waals surface area (Å²) in [6.07, 6.45) is 0. The second-order valence-corrected chi connectivity index (χ2v) is 10.3. The van der Waals surface area contributed by atoms with Crippen LogP contribution in [0.1, 0.15) is 32.6 Å². The Hall–Kier alpha value is -2.22. The molecule has 2 heterocycles. The van der Waals surface area contributed by atoms with Gasteiger partial charge in [-0.1, -0.05) is 28.1 Å². The van der Waals surface area contributed by atoms with E-state index in [0.29, 0.717) is 48.8 Å². The highest BCUT2D eigenvalue weighted by Gasteiger charge is 2.34. The summed E-state index contributed by atoms with van der Waals surface area (Å²) in [4.78, 5) is 35.4. The third-order valence-corrected chi connectivity index (χ3v) is 7.52. The van der Waals surface area contributed by atoms with Crippen LogP contribution >= 0.6 is 27.5 Å². The molecule has 0 saturated carbocycles. The lowest BCUT2D eigenvalue weighted by Crippen LogP contribution is -2.53. The lowest BCUT2D eigenvalue weighted by molar-refractivity contribution is -0.141. The van der Waals surface area contributed by atoms with Gasteiger partial charge in [0.1, 0.15) is 5.82 Å². The van der Waals surface area contributed by atoms with Crippen LogP contribution in [0.3, 0.4) is 0 Å². The Morgan fingerprint density at radius 2 is 1.73 bits per heavy atom. The highest BCUT2D eigenvalue weighted by atomic mass is 79.9. The number of fused-ring (bicyclic) bond motifs is 1. The number of rotatable bonds is 5. The van der Waals surface area contributed by atoms with E-state index in [9.17, 15) is 9.59 Å². The van der Waals surface area contributed by atoms with Crippen LogP contribution in [0.2, 0.25) is 0 Å². The molecule has 1 aliphatic heterocycles. The lowest BCUT2D eigenvalue weighted by Gasteiger charge is -2.40. The summed E-state index contributed by atoms with van der Waals surface area (Å²) in [7, 11) is 0. The number of nitrogens with zero attached hydrogens (tertiary/aromatic N) is 4. The normalized spacial score (nSPS) is 16.2. The van der Waals surface area contributed by atoms with Crippen molar-refractivity contribution in [2.45, 2.75) is 26.8 Å². The number of piperazine rings is 1. The number of aromatic nitrogens is 2. The van der Waals surface area contributed by atoms with Gasteiger partial charge in [0.05, 0.1) is 28.0 Å². The van der Waals surface area contributed by atoms with Gasteiger partial charge in [0.25, 0.3) is 5.56 Å². The van der Waals surface area contributed by atoms with Crippen molar-refractivity contribution in [3.8, 4) is 5.69 Å². The van der Waals surface area contributed by atoms with E-state index in [1.807, 2.05) is 67.3 Å². The maximum Gasteiger partial charge on any atom is 0.266 e. The van der Waals surface area contributed by atoms with Crippen LogP contribution in [0.25, 0.3) is 16.6 Å². The fourth-order valence-electron chi connectivity index (χ4n) is 4.23. The minimum atomic E-state index is -0.572. The number of amides is 1. The third-order valence-electron chi connectivity index (χ3n) is 6.32. The van der Waals surface area contributed by atoms with Gasteiger partial charge in [-0.3, -0.25) is 19.1 Å². The molecule has 1 unspecified atom stereocenters. The summed E-state index contributed by atoms with van der Waals surface area (Å²) in [5.74, 6) is 1.07. The molecule has 4 rings (SSSR count). The van der Waals surface area contributed by atoms with Crippen LogP contribution in [0.4, 0.5) is 0 Å².